The van der Waals surface area contributed by atoms with E-state index in [1.807, 2.05) is 18.2 Å². The number of benzene rings is 3. The van der Waals surface area contributed by atoms with E-state index in [1.54, 1.807) is 6.08 Å². The Kier molecular flexibility index (Phi) is 5.85. The molecular weight excluding hydrogens is 436 g/mol. The highest BCUT2D eigenvalue weighted by Crippen LogP contribution is 2.41. The van der Waals surface area contributed by atoms with E-state index in [4.69, 9.17) is 0 Å². The fraction of sp³-hybridized carbons (Fsp3) is 0.290. The summed E-state index contributed by atoms with van der Waals surface area (Å²) in [6.07, 6.45) is 9.30. The van der Waals surface area contributed by atoms with E-state index in [0.717, 1.165) is 36.8 Å². The lowest BCUT2D eigenvalue weighted by atomic mass is 9.79. The second kappa shape index (κ2) is 8.70. The number of hydrogen-bond acceptors (Lipinski definition) is 2. The largest absolute Gasteiger partial charge is 0.223 e. The van der Waals surface area contributed by atoms with Gasteiger partial charge >= 0.3 is 0 Å². The van der Waals surface area contributed by atoms with Crippen molar-refractivity contribution in [2.24, 2.45) is 0 Å². The maximum Gasteiger partial charge on any atom is 0.182 e. The van der Waals surface area contributed by atoms with Crippen LogP contribution in [-0.4, -0.2) is 14.2 Å². The Morgan fingerprint density at radius 3 is 2.26 bits per heavy atom. The molecule has 0 amide bonds. The van der Waals surface area contributed by atoms with Crippen molar-refractivity contribution in [1.82, 2.24) is 0 Å². The van der Waals surface area contributed by atoms with Gasteiger partial charge in [0.15, 0.2) is 9.84 Å². The number of sulfone groups is 1. The van der Waals surface area contributed by atoms with Crippen molar-refractivity contribution in [3.05, 3.63) is 106 Å². The standard InChI is InChI=1S/C31H32O2S/c1-31(2,3)24-16-13-22(14-17-24)8-7-21-34(32,33)30-12-6-11-26-28-18-15-23-9-4-5-10-25(23)27(28)19-20-29(26)30/h4-5,7-10,12-14,16-17,19-20H,6,11,15,18,21H2,1-3H3. The normalized spacial score (nSPS) is 15.4. The van der Waals surface area contributed by atoms with Gasteiger partial charge in [0.25, 0.3) is 0 Å². The van der Waals surface area contributed by atoms with Gasteiger partial charge in [-0.3, -0.25) is 0 Å². The van der Waals surface area contributed by atoms with Crippen LogP contribution in [0.15, 0.2) is 72.8 Å². The van der Waals surface area contributed by atoms with Crippen molar-refractivity contribution in [3.63, 3.8) is 0 Å². The number of allylic oxidation sites excluding steroid dienone is 1. The maximum atomic E-state index is 13.4. The fourth-order valence-electron chi connectivity index (χ4n) is 5.25. The molecule has 2 nitrogen and oxygen atoms in total. The Hall–Kier alpha value is -2.91. The second-order valence-corrected chi connectivity index (χ2v) is 12.4. The van der Waals surface area contributed by atoms with Gasteiger partial charge in [-0.25, -0.2) is 8.42 Å². The van der Waals surface area contributed by atoms with Crippen LogP contribution in [0.2, 0.25) is 0 Å². The molecule has 0 bridgehead atoms. The molecule has 0 aliphatic heterocycles. The summed E-state index contributed by atoms with van der Waals surface area (Å²) in [4.78, 5) is 0.503. The quantitative estimate of drug-likeness (QED) is 0.407. The van der Waals surface area contributed by atoms with Crippen LogP contribution in [0.4, 0.5) is 0 Å². The molecule has 0 heterocycles. The average molecular weight is 469 g/mol. The van der Waals surface area contributed by atoms with Crippen molar-refractivity contribution >= 4 is 20.8 Å². The van der Waals surface area contributed by atoms with E-state index in [0.29, 0.717) is 4.91 Å². The zero-order valence-electron chi connectivity index (χ0n) is 20.3. The van der Waals surface area contributed by atoms with Crippen LogP contribution in [0.25, 0.3) is 22.1 Å². The number of aryl methyl sites for hydroxylation is 1. The van der Waals surface area contributed by atoms with Crippen molar-refractivity contribution in [2.75, 3.05) is 5.75 Å². The number of hydrogen-bond donors (Lipinski definition) is 0. The first kappa shape index (κ1) is 22.9. The summed E-state index contributed by atoms with van der Waals surface area (Å²) >= 11 is 0. The predicted octanol–water partition coefficient (Wildman–Crippen LogP) is 7.17. The third-order valence-electron chi connectivity index (χ3n) is 7.11. The topological polar surface area (TPSA) is 34.1 Å². The third-order valence-corrected chi connectivity index (χ3v) is 8.80. The predicted molar refractivity (Wildman–Crippen MR) is 144 cm³/mol. The first-order valence-corrected chi connectivity index (χ1v) is 13.8. The van der Waals surface area contributed by atoms with Crippen molar-refractivity contribution in [2.45, 2.75) is 51.9 Å². The lowest BCUT2D eigenvalue weighted by molar-refractivity contribution is 0.590. The molecule has 0 fully saturated rings. The van der Waals surface area contributed by atoms with Gasteiger partial charge in [-0.05, 0) is 75.6 Å². The van der Waals surface area contributed by atoms with Crippen LogP contribution in [0.5, 0.6) is 0 Å². The van der Waals surface area contributed by atoms with Gasteiger partial charge in [0.1, 0.15) is 0 Å². The van der Waals surface area contributed by atoms with Crippen LogP contribution in [0.1, 0.15) is 60.6 Å². The van der Waals surface area contributed by atoms with Crippen LogP contribution in [-0.2, 0) is 34.5 Å². The van der Waals surface area contributed by atoms with Gasteiger partial charge in [-0.15, -0.1) is 0 Å². The minimum Gasteiger partial charge on any atom is -0.223 e. The van der Waals surface area contributed by atoms with E-state index in [2.05, 4.69) is 75.4 Å². The number of fused-ring (bicyclic) bond motifs is 5. The zero-order chi connectivity index (χ0) is 23.9. The Morgan fingerprint density at radius 2 is 1.50 bits per heavy atom. The summed E-state index contributed by atoms with van der Waals surface area (Å²) in [7, 11) is -3.41. The van der Waals surface area contributed by atoms with Gasteiger partial charge < -0.3 is 0 Å². The van der Waals surface area contributed by atoms with E-state index in [1.165, 1.54) is 33.4 Å². The Morgan fingerprint density at radius 1 is 0.794 bits per heavy atom. The van der Waals surface area contributed by atoms with Gasteiger partial charge in [0, 0.05) is 0 Å². The first-order chi connectivity index (χ1) is 16.2. The SMILES string of the molecule is CC(C)(C)c1ccc(C=CCS(=O)(=O)C2=CCCc3c2ccc2c3CCc3ccccc3-2)cc1. The highest BCUT2D eigenvalue weighted by atomic mass is 32.2. The highest BCUT2D eigenvalue weighted by Gasteiger charge is 2.28. The summed E-state index contributed by atoms with van der Waals surface area (Å²) in [6.45, 7) is 6.57. The molecule has 3 aromatic rings. The summed E-state index contributed by atoms with van der Waals surface area (Å²) < 4.78 is 26.7. The lowest BCUT2D eigenvalue weighted by Gasteiger charge is -2.27. The third kappa shape index (κ3) is 4.30. The van der Waals surface area contributed by atoms with Gasteiger partial charge in [0.2, 0.25) is 0 Å². The molecule has 0 N–H and O–H groups in total. The molecule has 2 aliphatic rings. The van der Waals surface area contributed by atoms with Crippen LogP contribution in [0.3, 0.4) is 0 Å². The summed E-state index contributed by atoms with van der Waals surface area (Å²) in [6, 6.07) is 21.1. The summed E-state index contributed by atoms with van der Waals surface area (Å²) in [5.74, 6) is 0.0131. The van der Waals surface area contributed by atoms with Crippen molar-refractivity contribution in [3.8, 4) is 11.1 Å². The summed E-state index contributed by atoms with van der Waals surface area (Å²) in [5, 5.41) is 0. The monoisotopic (exact) mass is 468 g/mol. The van der Waals surface area contributed by atoms with Crippen molar-refractivity contribution in [1.29, 1.82) is 0 Å². The van der Waals surface area contributed by atoms with Crippen LogP contribution >= 0.6 is 0 Å². The molecule has 5 rings (SSSR count). The van der Waals surface area contributed by atoms with E-state index in [9.17, 15) is 8.42 Å². The maximum absolute atomic E-state index is 13.4. The van der Waals surface area contributed by atoms with Gasteiger partial charge in [-0.1, -0.05) is 99.7 Å². The van der Waals surface area contributed by atoms with Gasteiger partial charge in [-0.2, -0.15) is 0 Å². The molecular formula is C31H32O2S. The van der Waals surface area contributed by atoms with E-state index < -0.39 is 9.84 Å². The molecule has 0 saturated heterocycles. The molecule has 0 unspecified atom stereocenters. The van der Waals surface area contributed by atoms with E-state index >= 15 is 0 Å². The smallest absolute Gasteiger partial charge is 0.182 e. The van der Waals surface area contributed by atoms with Crippen LogP contribution < -0.4 is 0 Å². The fourth-order valence-corrected chi connectivity index (χ4v) is 6.68. The molecule has 0 spiro atoms. The molecule has 0 saturated carbocycles. The molecule has 34 heavy (non-hydrogen) atoms. The minimum atomic E-state index is -3.41. The van der Waals surface area contributed by atoms with Crippen LogP contribution in [0, 0.1) is 0 Å². The molecule has 0 aromatic heterocycles. The second-order valence-electron chi connectivity index (χ2n) is 10.4. The Labute approximate surface area is 204 Å². The summed E-state index contributed by atoms with van der Waals surface area (Å²) in [5.41, 5.74) is 9.83. The van der Waals surface area contributed by atoms with Crippen molar-refractivity contribution < 1.29 is 8.42 Å². The Bertz CT molecular complexity index is 1400. The molecule has 2 aliphatic carbocycles. The lowest BCUT2D eigenvalue weighted by Crippen LogP contribution is -2.15. The molecule has 174 valence electrons. The molecule has 3 aromatic carbocycles. The van der Waals surface area contributed by atoms with Gasteiger partial charge in [0.05, 0.1) is 10.7 Å². The first-order valence-electron chi connectivity index (χ1n) is 12.2. The molecule has 0 radical (unpaired) electrons. The highest BCUT2D eigenvalue weighted by molar-refractivity contribution is 8.00. The number of rotatable bonds is 4. The minimum absolute atomic E-state index is 0.0131. The molecule has 3 heteroatoms. The molecule has 0 atom stereocenters. The zero-order valence-corrected chi connectivity index (χ0v) is 21.1. The van der Waals surface area contributed by atoms with E-state index in [-0.39, 0.29) is 11.2 Å². The average Bonchev–Trinajstić information content (AvgIpc) is 2.83. The Balaban J connectivity index is 1.40.